The fraction of sp³-hybridized carbons (Fsp3) is 0.220. The zero-order valence-corrected chi connectivity index (χ0v) is 38.8. The first-order chi connectivity index (χ1) is 35.2. The van der Waals surface area contributed by atoms with Crippen molar-refractivity contribution in [1.82, 2.24) is 39.3 Å². The topological polar surface area (TPSA) is 103 Å². The molecule has 0 radical (unpaired) electrons. The van der Waals surface area contributed by atoms with E-state index in [-0.39, 0.29) is 25.6 Å². The Balaban J connectivity index is 0.000000204. The number of carbonyl (C=O) groups excluding carboxylic acids is 1. The molecule has 2 aliphatic rings. The number of halogens is 4. The van der Waals surface area contributed by atoms with Crippen LogP contribution in [-0.4, -0.2) is 72.8 Å². The lowest BCUT2D eigenvalue weighted by molar-refractivity contribution is 0.0931. The normalized spacial score (nSPS) is 12.0. The van der Waals surface area contributed by atoms with Crippen molar-refractivity contribution in [2.24, 2.45) is 0 Å². The van der Waals surface area contributed by atoms with Crippen molar-refractivity contribution in [2.45, 2.75) is 52.1 Å². The van der Waals surface area contributed by atoms with Crippen LogP contribution < -0.4 is 5.32 Å². The van der Waals surface area contributed by atoms with Crippen LogP contribution in [0.25, 0.3) is 45.1 Å². The van der Waals surface area contributed by atoms with E-state index in [4.69, 9.17) is 4.74 Å². The Bertz CT molecular complexity index is 3680. The van der Waals surface area contributed by atoms with Crippen molar-refractivity contribution in [3.63, 3.8) is 0 Å². The molecule has 4 aromatic heterocycles. The summed E-state index contributed by atoms with van der Waals surface area (Å²) in [5.74, 6) is -2.34. The van der Waals surface area contributed by atoms with E-state index in [1.54, 1.807) is 36.4 Å². The van der Waals surface area contributed by atoms with Crippen LogP contribution in [0.15, 0.2) is 195 Å². The van der Waals surface area contributed by atoms with Crippen molar-refractivity contribution < 1.29 is 27.1 Å². The third kappa shape index (κ3) is 15.3. The second kappa shape index (κ2) is 28.6. The molecule has 10 nitrogen and oxygen atoms in total. The summed E-state index contributed by atoms with van der Waals surface area (Å²) >= 11 is 0. The van der Waals surface area contributed by atoms with Crippen molar-refractivity contribution in [2.75, 3.05) is 32.8 Å². The predicted molar refractivity (Wildman–Crippen MR) is 268 cm³/mol. The summed E-state index contributed by atoms with van der Waals surface area (Å²) in [6.07, 6.45) is 6.40. The van der Waals surface area contributed by atoms with Gasteiger partial charge in [0.05, 0.1) is 6.61 Å². The third-order valence-corrected chi connectivity index (χ3v) is 10.5. The predicted octanol–water partition coefficient (Wildman–Crippen LogP) is 11.9. The van der Waals surface area contributed by atoms with Gasteiger partial charge in [0, 0.05) is 54.4 Å². The van der Waals surface area contributed by atoms with Gasteiger partial charge in [-0.25, -0.2) is 42.3 Å². The maximum absolute atomic E-state index is 13.8. The average Bonchev–Trinajstić information content (AvgIpc) is 3.99. The number of fused-ring (bicyclic) bond motifs is 2. The molecule has 0 saturated carbocycles. The van der Waals surface area contributed by atoms with Crippen LogP contribution in [0, 0.1) is 23.3 Å². The molecule has 2 aliphatic heterocycles. The van der Waals surface area contributed by atoms with E-state index in [0.717, 1.165) is 55.3 Å². The number of hydrogen-bond donors (Lipinski definition) is 1. The highest BCUT2D eigenvalue weighted by atomic mass is 19.2. The molecule has 6 aromatic rings. The van der Waals surface area contributed by atoms with Gasteiger partial charge in [-0.05, 0) is 211 Å². The molecule has 1 N–H and O–H groups in total. The average molecular weight is 973 g/mol. The van der Waals surface area contributed by atoms with Crippen LogP contribution in [0.5, 0.6) is 0 Å². The molecule has 6 heterocycles. The van der Waals surface area contributed by atoms with E-state index < -0.39 is 23.3 Å². The smallest absolute Gasteiger partial charge is 0.409 e. The molecule has 360 valence electrons. The van der Waals surface area contributed by atoms with Gasteiger partial charge in [0.2, 0.25) is 0 Å². The number of nitrogens with one attached hydrogen (secondary N) is 1. The number of nitrogens with zero attached hydrogens (tertiary/aromatic N) is 7. The molecule has 8 rings (SSSR count). The number of carbonyl (C=O) groups is 1. The quantitative estimate of drug-likeness (QED) is 0.136. The molecule has 0 unspecified atom stereocenters. The Morgan fingerprint density at radius 1 is 0.589 bits per heavy atom. The van der Waals surface area contributed by atoms with Gasteiger partial charge in [0.25, 0.3) is 0 Å². The van der Waals surface area contributed by atoms with Crippen molar-refractivity contribution in [1.29, 1.82) is 0 Å². The molecule has 0 bridgehead atoms. The summed E-state index contributed by atoms with van der Waals surface area (Å²) in [6, 6.07) is 15.3. The molecule has 0 aliphatic carbocycles. The van der Waals surface area contributed by atoms with E-state index in [1.807, 2.05) is 22.8 Å². The summed E-state index contributed by atoms with van der Waals surface area (Å²) in [5, 5.41) is 3.34. The van der Waals surface area contributed by atoms with Crippen molar-refractivity contribution >= 4 is 28.4 Å². The Labute approximate surface area is 419 Å². The molecule has 1 amide bonds. The minimum atomic E-state index is -0.916. The van der Waals surface area contributed by atoms with Gasteiger partial charge in [-0.2, -0.15) is 0 Å². The Hall–Kier alpha value is -9.81. The highest BCUT2D eigenvalue weighted by Gasteiger charge is 2.29. The van der Waals surface area contributed by atoms with Crippen LogP contribution in [-0.2, 0) is 4.74 Å². The summed E-state index contributed by atoms with van der Waals surface area (Å²) in [4.78, 5) is 31.8. The van der Waals surface area contributed by atoms with Crippen LogP contribution >= 0.6 is 0 Å². The SMILES string of the molecule is C.C=C=C=C=C=C=C=C=C=C=C=C=C=C=C=C=C=C=C=C=C.CCOC(=O)N1CCC(n2c(-c3ccc(F)c(F)c3)nc3cccnc32)CC1.Fc1ccc(-c2nc3cccnc3n2C2CCNCC2)cc1F. The lowest BCUT2D eigenvalue weighted by Gasteiger charge is -2.32. The Morgan fingerprint density at radius 3 is 1.34 bits per heavy atom. The maximum Gasteiger partial charge on any atom is 0.409 e. The van der Waals surface area contributed by atoms with Crippen LogP contribution in [0.1, 0.15) is 52.1 Å². The maximum atomic E-state index is 13.8. The zero-order valence-electron chi connectivity index (χ0n) is 38.8. The standard InChI is InChI=1S/C21H4.C20H20F2N4O2.C17H16F2N4.CH4/c1-3-5-7-9-11-13-15-17-19-21-20-18-16-14-12-10-8-6-4-2;1-2-28-20(27)25-10-7-14(8-11-25)26-18(13-5-6-15(21)16(22)12-13)24-17-4-3-9-23-19(17)26;18-13-4-3-11(10-14(13)19)16-22-15-2-1-7-21-17(15)23(16)12-5-8-20-9-6-12;/h1-2H2;3-6,9,12,14H,2,7-8,10-11H2,1H3;1-4,7,10,12,20H,5-6,8-9H2;1H4. The number of likely N-dealkylation sites (tertiary alicyclic amines) is 1. The van der Waals surface area contributed by atoms with E-state index in [0.29, 0.717) is 66.5 Å². The zero-order chi connectivity index (χ0) is 50.9. The molecule has 0 atom stereocenters. The number of amides is 1. The molecular weight excluding hydrogens is 929 g/mol. The molecular formula is C59H44F4N8O2. The van der Waals surface area contributed by atoms with Crippen LogP contribution in [0.3, 0.4) is 0 Å². The van der Waals surface area contributed by atoms with E-state index >= 15 is 0 Å². The van der Waals surface area contributed by atoms with Gasteiger partial charge in [-0.15, -0.1) is 0 Å². The first kappa shape index (κ1) is 54.1. The second-order valence-electron chi connectivity index (χ2n) is 14.9. The fourth-order valence-electron chi connectivity index (χ4n) is 7.37. The van der Waals surface area contributed by atoms with Crippen molar-refractivity contribution in [3.05, 3.63) is 218 Å². The molecule has 2 fully saturated rings. The highest BCUT2D eigenvalue weighted by molar-refractivity contribution is 5.78. The second-order valence-corrected chi connectivity index (χ2v) is 14.9. The van der Waals surface area contributed by atoms with Crippen LogP contribution in [0.4, 0.5) is 22.4 Å². The number of benzene rings is 2. The number of hydrogen-bond acceptors (Lipinski definition) is 7. The fourth-order valence-corrected chi connectivity index (χ4v) is 7.37. The Kier molecular flexibility index (Phi) is 21.2. The number of rotatable bonds is 5. The van der Waals surface area contributed by atoms with E-state index in [9.17, 15) is 22.4 Å². The van der Waals surface area contributed by atoms with Gasteiger partial charge in [-0.1, -0.05) is 18.9 Å². The number of piperidine rings is 2. The Morgan fingerprint density at radius 2 is 0.973 bits per heavy atom. The number of aromatic nitrogens is 6. The lowest BCUT2D eigenvalue weighted by atomic mass is 10.0. The molecule has 0 spiro atoms. The number of ether oxygens (including phenoxy) is 1. The van der Waals surface area contributed by atoms with Crippen LogP contribution in [0.2, 0.25) is 0 Å². The molecule has 73 heavy (non-hydrogen) atoms. The van der Waals surface area contributed by atoms with Gasteiger partial charge < -0.3 is 24.1 Å². The molecule has 2 saturated heterocycles. The third-order valence-electron chi connectivity index (χ3n) is 10.5. The first-order valence-electron chi connectivity index (χ1n) is 22.2. The summed E-state index contributed by atoms with van der Waals surface area (Å²) < 4.78 is 63.2. The monoisotopic (exact) mass is 972 g/mol. The highest BCUT2D eigenvalue weighted by Crippen LogP contribution is 2.34. The van der Waals surface area contributed by atoms with Gasteiger partial charge >= 0.3 is 6.09 Å². The van der Waals surface area contributed by atoms with Gasteiger partial charge in [0.15, 0.2) is 34.6 Å². The van der Waals surface area contributed by atoms with Gasteiger partial charge in [0.1, 0.15) is 22.7 Å². The minimum absolute atomic E-state index is 0. The summed E-state index contributed by atoms with van der Waals surface area (Å²) in [7, 11) is 0. The minimum Gasteiger partial charge on any atom is -0.450 e. The summed E-state index contributed by atoms with van der Waals surface area (Å²) in [6.45, 7) is 11.7. The number of imidazole rings is 2. The molecule has 14 heteroatoms. The van der Waals surface area contributed by atoms with Gasteiger partial charge in [-0.3, -0.25) is 0 Å². The largest absolute Gasteiger partial charge is 0.450 e. The van der Waals surface area contributed by atoms with Crippen molar-refractivity contribution in [3.8, 4) is 22.8 Å². The van der Waals surface area contributed by atoms with E-state index in [2.05, 4.69) is 152 Å². The van der Waals surface area contributed by atoms with E-state index in [1.165, 1.54) is 12.1 Å². The molecule has 2 aromatic carbocycles. The number of pyridine rings is 2. The lowest BCUT2D eigenvalue weighted by Crippen LogP contribution is -2.39. The summed E-state index contributed by atoms with van der Waals surface area (Å²) in [5.41, 5.74) is 50.9. The first-order valence-corrected chi connectivity index (χ1v) is 22.2.